The quantitative estimate of drug-likeness (QED) is 0.161. The number of carbonyl (C=O) groups is 1. The maximum atomic E-state index is 12.8. The number of aryl methyl sites for hydroxylation is 2. The monoisotopic (exact) mass is 552 g/mol. The summed E-state index contributed by atoms with van der Waals surface area (Å²) in [4.78, 5) is 12.8. The maximum Gasteiger partial charge on any atom is 0.266 e. The summed E-state index contributed by atoms with van der Waals surface area (Å²) in [5.74, 6) is 1.20. The number of halogens is 1. The third-order valence-electron chi connectivity index (χ3n) is 6.26. The van der Waals surface area contributed by atoms with Gasteiger partial charge in [0.25, 0.3) is 5.91 Å². The van der Waals surface area contributed by atoms with Crippen LogP contribution in [0.1, 0.15) is 27.8 Å². The molecule has 0 saturated carbocycles. The van der Waals surface area contributed by atoms with Gasteiger partial charge < -0.3 is 19.5 Å². The van der Waals surface area contributed by atoms with E-state index in [4.69, 9.17) is 25.8 Å². The zero-order valence-corrected chi connectivity index (χ0v) is 23.3. The average molecular weight is 553 g/mol. The molecule has 0 bridgehead atoms. The number of benzene rings is 4. The summed E-state index contributed by atoms with van der Waals surface area (Å²) in [6.45, 7) is 4.92. The Morgan fingerprint density at radius 1 is 0.850 bits per heavy atom. The van der Waals surface area contributed by atoms with Crippen molar-refractivity contribution in [2.24, 2.45) is 0 Å². The van der Waals surface area contributed by atoms with Crippen LogP contribution in [0.4, 0.5) is 5.69 Å². The van der Waals surface area contributed by atoms with Crippen LogP contribution >= 0.6 is 11.6 Å². The molecule has 4 aromatic rings. The number of anilines is 1. The van der Waals surface area contributed by atoms with Gasteiger partial charge in [0.1, 0.15) is 30.6 Å². The molecule has 1 amide bonds. The van der Waals surface area contributed by atoms with E-state index in [1.165, 1.54) is 17.2 Å². The Morgan fingerprint density at radius 3 is 2.23 bits per heavy atom. The van der Waals surface area contributed by atoms with Gasteiger partial charge in [-0.1, -0.05) is 48.0 Å². The van der Waals surface area contributed by atoms with Gasteiger partial charge in [-0.05, 0) is 96.3 Å². The van der Waals surface area contributed by atoms with Crippen molar-refractivity contribution >= 4 is 29.3 Å². The van der Waals surface area contributed by atoms with Gasteiger partial charge in [-0.3, -0.25) is 4.79 Å². The Hall–Kier alpha value is -4.73. The highest BCUT2D eigenvalue weighted by atomic mass is 35.5. The van der Waals surface area contributed by atoms with Crippen LogP contribution in [0.5, 0.6) is 17.2 Å². The highest BCUT2D eigenvalue weighted by Gasteiger charge is 2.12. The van der Waals surface area contributed by atoms with Crippen molar-refractivity contribution < 1.29 is 19.0 Å². The van der Waals surface area contributed by atoms with E-state index in [1.807, 2.05) is 36.4 Å². The second-order valence-corrected chi connectivity index (χ2v) is 9.62. The minimum Gasteiger partial charge on any atom is -0.493 e. The van der Waals surface area contributed by atoms with Crippen molar-refractivity contribution in [2.45, 2.75) is 27.1 Å². The standard InChI is InChI=1S/C33H29ClN2O4/c1-22-4-5-26(16-23(22)2)21-40-31-15-8-25(18-32(31)38-3)17-27(19-35)33(37)36-29-11-13-30(14-12-29)39-20-24-6-9-28(34)10-7-24/h4-18H,20-21H2,1-3H3,(H,36,37)/b27-17+. The van der Waals surface area contributed by atoms with Gasteiger partial charge >= 0.3 is 0 Å². The summed E-state index contributed by atoms with van der Waals surface area (Å²) in [6.07, 6.45) is 1.51. The van der Waals surface area contributed by atoms with Crippen LogP contribution in [0.2, 0.25) is 5.02 Å². The number of ether oxygens (including phenoxy) is 3. The fraction of sp³-hybridized carbons (Fsp3) is 0.152. The molecule has 6 nitrogen and oxygen atoms in total. The van der Waals surface area contributed by atoms with E-state index in [-0.39, 0.29) is 5.57 Å². The summed E-state index contributed by atoms with van der Waals surface area (Å²) < 4.78 is 17.3. The van der Waals surface area contributed by atoms with E-state index in [9.17, 15) is 10.1 Å². The molecule has 40 heavy (non-hydrogen) atoms. The molecule has 0 unspecified atom stereocenters. The first kappa shape index (κ1) is 28.3. The second kappa shape index (κ2) is 13.4. The lowest BCUT2D eigenvalue weighted by Gasteiger charge is -2.12. The molecular weight excluding hydrogens is 524 g/mol. The summed E-state index contributed by atoms with van der Waals surface area (Å²) in [6, 6.07) is 27.8. The summed E-state index contributed by atoms with van der Waals surface area (Å²) in [5.41, 5.74) is 5.60. The number of hydrogen-bond donors (Lipinski definition) is 1. The van der Waals surface area contributed by atoms with Crippen LogP contribution in [-0.2, 0) is 18.0 Å². The predicted molar refractivity (Wildman–Crippen MR) is 158 cm³/mol. The number of nitrogens with zero attached hydrogens (tertiary/aromatic N) is 1. The zero-order chi connectivity index (χ0) is 28.5. The summed E-state index contributed by atoms with van der Waals surface area (Å²) in [7, 11) is 1.55. The van der Waals surface area contributed by atoms with Crippen LogP contribution in [0.3, 0.4) is 0 Å². The van der Waals surface area contributed by atoms with Gasteiger partial charge in [0.15, 0.2) is 11.5 Å². The Labute approximate surface area is 239 Å². The van der Waals surface area contributed by atoms with Crippen molar-refractivity contribution in [3.05, 3.63) is 123 Å². The Balaban J connectivity index is 1.38. The minimum atomic E-state index is -0.522. The van der Waals surface area contributed by atoms with Crippen molar-refractivity contribution in [1.29, 1.82) is 5.26 Å². The fourth-order valence-electron chi connectivity index (χ4n) is 3.84. The molecule has 1 N–H and O–H groups in total. The molecule has 0 radical (unpaired) electrons. The van der Waals surface area contributed by atoms with E-state index in [0.717, 1.165) is 11.1 Å². The van der Waals surface area contributed by atoms with Crippen molar-refractivity contribution in [3.63, 3.8) is 0 Å². The van der Waals surface area contributed by atoms with E-state index in [0.29, 0.717) is 46.7 Å². The van der Waals surface area contributed by atoms with E-state index >= 15 is 0 Å². The third-order valence-corrected chi connectivity index (χ3v) is 6.51. The molecule has 0 aliphatic heterocycles. The Kier molecular flexibility index (Phi) is 9.45. The lowest BCUT2D eigenvalue weighted by molar-refractivity contribution is -0.112. The molecule has 0 aliphatic carbocycles. The molecule has 4 rings (SSSR count). The third kappa shape index (κ3) is 7.66. The minimum absolute atomic E-state index is 0.0473. The molecule has 0 aromatic heterocycles. The molecule has 0 saturated heterocycles. The second-order valence-electron chi connectivity index (χ2n) is 9.18. The first-order chi connectivity index (χ1) is 19.3. The Bertz CT molecular complexity index is 1560. The van der Waals surface area contributed by atoms with Gasteiger partial charge in [0.05, 0.1) is 7.11 Å². The van der Waals surface area contributed by atoms with Crippen molar-refractivity contribution in [2.75, 3.05) is 12.4 Å². The predicted octanol–water partition coefficient (Wildman–Crippen LogP) is 7.67. The van der Waals surface area contributed by atoms with Gasteiger partial charge in [-0.15, -0.1) is 0 Å². The molecule has 0 aliphatic rings. The van der Waals surface area contributed by atoms with E-state index in [1.54, 1.807) is 49.6 Å². The molecule has 7 heteroatoms. The molecular formula is C33H29ClN2O4. The Morgan fingerprint density at radius 2 is 1.55 bits per heavy atom. The number of rotatable bonds is 10. The van der Waals surface area contributed by atoms with E-state index < -0.39 is 5.91 Å². The summed E-state index contributed by atoms with van der Waals surface area (Å²) in [5, 5.41) is 13.1. The normalized spacial score (nSPS) is 10.9. The first-order valence-electron chi connectivity index (χ1n) is 12.6. The number of nitrogens with one attached hydrogen (secondary N) is 1. The molecule has 0 heterocycles. The smallest absolute Gasteiger partial charge is 0.266 e. The lowest BCUT2D eigenvalue weighted by Crippen LogP contribution is -2.13. The van der Waals surface area contributed by atoms with Crippen molar-refractivity contribution in [3.8, 4) is 23.3 Å². The summed E-state index contributed by atoms with van der Waals surface area (Å²) >= 11 is 5.91. The van der Waals surface area contributed by atoms with E-state index in [2.05, 4.69) is 31.3 Å². The first-order valence-corrected chi connectivity index (χ1v) is 13.0. The number of hydrogen-bond acceptors (Lipinski definition) is 5. The lowest BCUT2D eigenvalue weighted by atomic mass is 10.1. The van der Waals surface area contributed by atoms with Crippen LogP contribution in [0.25, 0.3) is 6.08 Å². The van der Waals surface area contributed by atoms with Crippen LogP contribution in [0, 0.1) is 25.2 Å². The highest BCUT2D eigenvalue weighted by Crippen LogP contribution is 2.30. The topological polar surface area (TPSA) is 80.6 Å². The maximum absolute atomic E-state index is 12.8. The van der Waals surface area contributed by atoms with Gasteiger partial charge in [0.2, 0.25) is 0 Å². The average Bonchev–Trinajstić information content (AvgIpc) is 2.97. The molecule has 0 atom stereocenters. The fourth-order valence-corrected chi connectivity index (χ4v) is 3.97. The number of amides is 1. The molecule has 4 aromatic carbocycles. The van der Waals surface area contributed by atoms with Crippen LogP contribution in [-0.4, -0.2) is 13.0 Å². The number of carbonyl (C=O) groups excluding carboxylic acids is 1. The molecule has 0 fully saturated rings. The number of methoxy groups -OCH3 is 1. The zero-order valence-electron chi connectivity index (χ0n) is 22.5. The van der Waals surface area contributed by atoms with Gasteiger partial charge in [0, 0.05) is 10.7 Å². The highest BCUT2D eigenvalue weighted by molar-refractivity contribution is 6.30. The molecule has 202 valence electrons. The largest absolute Gasteiger partial charge is 0.493 e. The van der Waals surface area contributed by atoms with Crippen molar-refractivity contribution in [1.82, 2.24) is 0 Å². The number of nitriles is 1. The van der Waals surface area contributed by atoms with Gasteiger partial charge in [-0.25, -0.2) is 0 Å². The SMILES string of the molecule is COc1cc(/C=C(\C#N)C(=O)Nc2ccc(OCc3ccc(Cl)cc3)cc2)ccc1OCc1ccc(C)c(C)c1. The van der Waals surface area contributed by atoms with Crippen LogP contribution < -0.4 is 19.5 Å². The van der Waals surface area contributed by atoms with Gasteiger partial charge in [-0.2, -0.15) is 5.26 Å². The van der Waals surface area contributed by atoms with Crippen LogP contribution in [0.15, 0.2) is 90.5 Å². The molecule has 0 spiro atoms.